The summed E-state index contributed by atoms with van der Waals surface area (Å²) in [5.74, 6) is 0. The Labute approximate surface area is 133 Å². The molecule has 3 nitrogen and oxygen atoms in total. The SMILES string of the molecule is Cc1ccc(S(=O)(=O)N[C@H](C)c2cccc(C(F)(F)F)c2)cc1. The fourth-order valence-corrected chi connectivity index (χ4v) is 3.30. The first kappa shape index (κ1) is 17.5. The second kappa shape index (κ2) is 6.33. The van der Waals surface area contributed by atoms with Gasteiger partial charge >= 0.3 is 6.18 Å². The minimum atomic E-state index is -4.47. The van der Waals surface area contributed by atoms with Crippen LogP contribution >= 0.6 is 0 Å². The van der Waals surface area contributed by atoms with E-state index in [1.165, 1.54) is 31.2 Å². The summed E-state index contributed by atoms with van der Waals surface area (Å²) in [6.45, 7) is 3.33. The molecule has 2 aromatic carbocycles. The van der Waals surface area contributed by atoms with Crippen molar-refractivity contribution in [3.63, 3.8) is 0 Å². The van der Waals surface area contributed by atoms with E-state index < -0.39 is 27.8 Å². The Morgan fingerprint density at radius 2 is 1.65 bits per heavy atom. The first-order chi connectivity index (χ1) is 10.6. The molecule has 0 aliphatic rings. The largest absolute Gasteiger partial charge is 0.416 e. The maximum Gasteiger partial charge on any atom is 0.416 e. The molecule has 124 valence electrons. The molecule has 7 heteroatoms. The van der Waals surface area contributed by atoms with Crippen LogP contribution in [0.3, 0.4) is 0 Å². The number of nitrogens with one attached hydrogen (secondary N) is 1. The molecular formula is C16H16F3NO2S. The molecule has 0 spiro atoms. The smallest absolute Gasteiger partial charge is 0.207 e. The zero-order valence-corrected chi connectivity index (χ0v) is 13.4. The van der Waals surface area contributed by atoms with Gasteiger partial charge in [0.2, 0.25) is 10.0 Å². The summed E-state index contributed by atoms with van der Waals surface area (Å²) in [4.78, 5) is 0.0712. The Bertz CT molecular complexity index is 784. The second-order valence-corrected chi connectivity index (χ2v) is 6.99. The Kier molecular flexibility index (Phi) is 4.81. The van der Waals surface area contributed by atoms with E-state index in [2.05, 4.69) is 4.72 Å². The van der Waals surface area contributed by atoms with E-state index in [0.717, 1.165) is 17.7 Å². The monoisotopic (exact) mass is 343 g/mol. The predicted octanol–water partition coefficient (Wildman–Crippen LogP) is 4.05. The van der Waals surface area contributed by atoms with Gasteiger partial charge in [-0.05, 0) is 43.7 Å². The lowest BCUT2D eigenvalue weighted by Crippen LogP contribution is -2.27. The van der Waals surface area contributed by atoms with Gasteiger partial charge in [-0.3, -0.25) is 0 Å². The summed E-state index contributed by atoms with van der Waals surface area (Å²) in [5, 5.41) is 0. The lowest BCUT2D eigenvalue weighted by Gasteiger charge is -2.16. The molecule has 23 heavy (non-hydrogen) atoms. The first-order valence-corrected chi connectivity index (χ1v) is 8.34. The van der Waals surface area contributed by atoms with E-state index in [1.54, 1.807) is 12.1 Å². The van der Waals surface area contributed by atoms with Gasteiger partial charge in [0.25, 0.3) is 0 Å². The number of benzene rings is 2. The van der Waals surface area contributed by atoms with Crippen LogP contribution in [-0.4, -0.2) is 8.42 Å². The third-order valence-electron chi connectivity index (χ3n) is 3.38. The van der Waals surface area contributed by atoms with Crippen molar-refractivity contribution < 1.29 is 21.6 Å². The molecule has 0 bridgehead atoms. The molecule has 0 saturated heterocycles. The third-order valence-corrected chi connectivity index (χ3v) is 4.93. The van der Waals surface area contributed by atoms with Crippen LogP contribution in [-0.2, 0) is 16.2 Å². The highest BCUT2D eigenvalue weighted by atomic mass is 32.2. The van der Waals surface area contributed by atoms with E-state index in [1.807, 2.05) is 6.92 Å². The van der Waals surface area contributed by atoms with Crippen molar-refractivity contribution in [2.24, 2.45) is 0 Å². The topological polar surface area (TPSA) is 46.2 Å². The molecule has 0 aliphatic carbocycles. The molecule has 0 aliphatic heterocycles. The number of alkyl halides is 3. The summed E-state index contributed by atoms with van der Waals surface area (Å²) in [7, 11) is -3.80. The summed E-state index contributed by atoms with van der Waals surface area (Å²) in [6, 6.07) is 10.0. The van der Waals surface area contributed by atoms with E-state index in [4.69, 9.17) is 0 Å². The number of halogens is 3. The molecule has 0 aromatic heterocycles. The van der Waals surface area contributed by atoms with Gasteiger partial charge in [0.1, 0.15) is 0 Å². The summed E-state index contributed by atoms with van der Waals surface area (Å²) >= 11 is 0. The van der Waals surface area contributed by atoms with Crippen LogP contribution < -0.4 is 4.72 Å². The summed E-state index contributed by atoms with van der Waals surface area (Å²) in [5.41, 5.74) is 0.349. The Morgan fingerprint density at radius 3 is 2.22 bits per heavy atom. The third kappa shape index (κ3) is 4.33. The Morgan fingerprint density at radius 1 is 1.04 bits per heavy atom. The van der Waals surface area contributed by atoms with Gasteiger partial charge in [0, 0.05) is 6.04 Å². The van der Waals surface area contributed by atoms with Crippen molar-refractivity contribution in [1.82, 2.24) is 4.72 Å². The van der Waals surface area contributed by atoms with Crippen LogP contribution in [0.15, 0.2) is 53.4 Å². The van der Waals surface area contributed by atoms with Gasteiger partial charge in [0.05, 0.1) is 10.5 Å². The molecular weight excluding hydrogens is 327 g/mol. The minimum absolute atomic E-state index is 0.0712. The molecule has 1 atom stereocenters. The van der Waals surface area contributed by atoms with Gasteiger partial charge in [-0.15, -0.1) is 0 Å². The standard InChI is InChI=1S/C16H16F3NO2S/c1-11-6-8-15(9-7-11)23(21,22)20-12(2)13-4-3-5-14(10-13)16(17,18)19/h3-10,12,20H,1-2H3/t12-/m1/s1. The number of sulfonamides is 1. The molecule has 0 unspecified atom stereocenters. The van der Waals surface area contributed by atoms with Crippen LogP contribution in [0.2, 0.25) is 0 Å². The molecule has 2 aromatic rings. The molecule has 0 amide bonds. The molecule has 2 rings (SSSR count). The van der Waals surface area contributed by atoms with Crippen LogP contribution in [0.4, 0.5) is 13.2 Å². The minimum Gasteiger partial charge on any atom is -0.207 e. The maximum atomic E-state index is 12.7. The average molecular weight is 343 g/mol. The Balaban J connectivity index is 2.24. The average Bonchev–Trinajstić information content (AvgIpc) is 2.46. The highest BCUT2D eigenvalue weighted by molar-refractivity contribution is 7.89. The van der Waals surface area contributed by atoms with Crippen molar-refractivity contribution in [1.29, 1.82) is 0 Å². The quantitative estimate of drug-likeness (QED) is 0.910. The van der Waals surface area contributed by atoms with Crippen molar-refractivity contribution in [3.05, 3.63) is 65.2 Å². The lowest BCUT2D eigenvalue weighted by molar-refractivity contribution is -0.137. The van der Waals surface area contributed by atoms with E-state index in [9.17, 15) is 21.6 Å². The van der Waals surface area contributed by atoms with Gasteiger partial charge in [0.15, 0.2) is 0 Å². The number of aryl methyl sites for hydroxylation is 1. The Hall–Kier alpha value is -1.86. The highest BCUT2D eigenvalue weighted by Gasteiger charge is 2.31. The van der Waals surface area contributed by atoms with Crippen LogP contribution in [0, 0.1) is 6.92 Å². The van der Waals surface area contributed by atoms with Gasteiger partial charge in [-0.25, -0.2) is 13.1 Å². The number of rotatable bonds is 4. The van der Waals surface area contributed by atoms with Crippen molar-refractivity contribution >= 4 is 10.0 Å². The zero-order valence-electron chi connectivity index (χ0n) is 12.6. The molecule has 1 N–H and O–H groups in total. The van der Waals surface area contributed by atoms with Crippen LogP contribution in [0.5, 0.6) is 0 Å². The number of hydrogen-bond acceptors (Lipinski definition) is 2. The van der Waals surface area contributed by atoms with Crippen LogP contribution in [0.1, 0.15) is 29.7 Å². The van der Waals surface area contributed by atoms with Gasteiger partial charge in [-0.1, -0.05) is 29.8 Å². The number of hydrogen-bond donors (Lipinski definition) is 1. The summed E-state index contributed by atoms with van der Waals surface area (Å²) < 4.78 is 65.1. The van der Waals surface area contributed by atoms with Crippen LogP contribution in [0.25, 0.3) is 0 Å². The maximum absolute atomic E-state index is 12.7. The first-order valence-electron chi connectivity index (χ1n) is 6.86. The normalized spacial score (nSPS) is 13.8. The van der Waals surface area contributed by atoms with E-state index in [0.29, 0.717) is 0 Å². The molecule has 0 fully saturated rings. The fourth-order valence-electron chi connectivity index (χ4n) is 2.07. The predicted molar refractivity (Wildman–Crippen MR) is 81.4 cm³/mol. The van der Waals surface area contributed by atoms with Crippen molar-refractivity contribution in [3.8, 4) is 0 Å². The molecule has 0 radical (unpaired) electrons. The van der Waals surface area contributed by atoms with Crippen molar-refractivity contribution in [2.75, 3.05) is 0 Å². The fraction of sp³-hybridized carbons (Fsp3) is 0.250. The second-order valence-electron chi connectivity index (χ2n) is 5.28. The van der Waals surface area contributed by atoms with Crippen molar-refractivity contribution in [2.45, 2.75) is 31.0 Å². The lowest BCUT2D eigenvalue weighted by atomic mass is 10.1. The zero-order chi connectivity index (χ0) is 17.3. The molecule has 0 saturated carbocycles. The molecule has 0 heterocycles. The summed E-state index contributed by atoms with van der Waals surface area (Å²) in [6.07, 6.45) is -4.47. The van der Waals surface area contributed by atoms with Gasteiger partial charge in [-0.2, -0.15) is 13.2 Å². The van der Waals surface area contributed by atoms with Gasteiger partial charge < -0.3 is 0 Å². The highest BCUT2D eigenvalue weighted by Crippen LogP contribution is 2.31. The van der Waals surface area contributed by atoms with E-state index in [-0.39, 0.29) is 10.5 Å². The van der Waals surface area contributed by atoms with E-state index >= 15 is 0 Å².